The molecule has 0 heterocycles. The minimum Gasteiger partial charge on any atom is -0.379 e. The summed E-state index contributed by atoms with van der Waals surface area (Å²) in [4.78, 5) is 0. The molecule has 1 rings (SSSR count). The van der Waals surface area contributed by atoms with Crippen molar-refractivity contribution < 1.29 is 18.3 Å². The van der Waals surface area contributed by atoms with Crippen molar-refractivity contribution in [2.75, 3.05) is 6.54 Å². The monoisotopic (exact) mass is 219 g/mol. The molecule has 0 saturated carbocycles. The van der Waals surface area contributed by atoms with E-state index in [1.165, 1.54) is 18.2 Å². The van der Waals surface area contributed by atoms with Crippen LogP contribution in [0.3, 0.4) is 0 Å². The first-order valence-corrected chi connectivity index (χ1v) is 4.49. The van der Waals surface area contributed by atoms with E-state index in [2.05, 4.69) is 0 Å². The van der Waals surface area contributed by atoms with Crippen molar-refractivity contribution >= 4 is 0 Å². The Hall–Kier alpha value is -1.07. The molecular formula is C10H12F3NO. The third-order valence-corrected chi connectivity index (χ3v) is 2.07. The van der Waals surface area contributed by atoms with E-state index < -0.39 is 12.3 Å². The van der Waals surface area contributed by atoms with E-state index in [0.29, 0.717) is 12.0 Å². The van der Waals surface area contributed by atoms with Crippen LogP contribution >= 0.6 is 0 Å². The Morgan fingerprint density at radius 1 is 1.27 bits per heavy atom. The van der Waals surface area contributed by atoms with Gasteiger partial charge >= 0.3 is 6.18 Å². The zero-order valence-corrected chi connectivity index (χ0v) is 7.96. The lowest BCUT2D eigenvalue weighted by Gasteiger charge is -2.17. The molecule has 1 aromatic rings. The van der Waals surface area contributed by atoms with Gasteiger partial charge in [0, 0.05) is 0 Å². The number of rotatable bonds is 3. The van der Waals surface area contributed by atoms with E-state index in [0.717, 1.165) is 0 Å². The average molecular weight is 219 g/mol. The molecule has 84 valence electrons. The molecule has 0 saturated heterocycles. The molecule has 0 aliphatic heterocycles. The molecule has 1 aromatic carbocycles. The standard InChI is InChI=1S/C10H12F3NO/c11-10(12,13)9(15)8-4-2-1-3-7(8)5-6-14/h1-4,9,15H,5-6,14H2. The molecule has 0 bridgehead atoms. The Kier molecular flexibility index (Phi) is 3.71. The lowest BCUT2D eigenvalue weighted by Crippen LogP contribution is -2.22. The van der Waals surface area contributed by atoms with Crippen LogP contribution in [0.2, 0.25) is 0 Å². The molecule has 0 aromatic heterocycles. The van der Waals surface area contributed by atoms with Gasteiger partial charge in [-0.15, -0.1) is 0 Å². The zero-order chi connectivity index (χ0) is 11.5. The van der Waals surface area contributed by atoms with E-state index >= 15 is 0 Å². The predicted octanol–water partition coefficient (Wildman–Crippen LogP) is 1.78. The molecule has 0 aliphatic carbocycles. The molecule has 5 heteroatoms. The Morgan fingerprint density at radius 3 is 2.40 bits per heavy atom. The summed E-state index contributed by atoms with van der Waals surface area (Å²) in [5.74, 6) is 0. The molecular weight excluding hydrogens is 207 g/mol. The Balaban J connectivity index is 3.02. The second-order valence-corrected chi connectivity index (χ2v) is 3.18. The van der Waals surface area contributed by atoms with Gasteiger partial charge in [0.2, 0.25) is 0 Å². The molecule has 0 amide bonds. The van der Waals surface area contributed by atoms with Crippen LogP contribution in [0.15, 0.2) is 24.3 Å². The molecule has 15 heavy (non-hydrogen) atoms. The van der Waals surface area contributed by atoms with Gasteiger partial charge in [0.05, 0.1) is 0 Å². The van der Waals surface area contributed by atoms with Crippen molar-refractivity contribution in [2.45, 2.75) is 18.7 Å². The highest BCUT2D eigenvalue weighted by molar-refractivity contribution is 5.30. The summed E-state index contributed by atoms with van der Waals surface area (Å²) < 4.78 is 36.8. The fraction of sp³-hybridized carbons (Fsp3) is 0.400. The second kappa shape index (κ2) is 4.63. The van der Waals surface area contributed by atoms with Crippen LogP contribution in [0.4, 0.5) is 13.2 Å². The minimum absolute atomic E-state index is 0.115. The first-order chi connectivity index (χ1) is 6.96. The lowest BCUT2D eigenvalue weighted by atomic mass is 10.00. The third-order valence-electron chi connectivity index (χ3n) is 2.07. The highest BCUT2D eigenvalue weighted by atomic mass is 19.4. The van der Waals surface area contributed by atoms with Crippen LogP contribution in [0.1, 0.15) is 17.2 Å². The number of alkyl halides is 3. The van der Waals surface area contributed by atoms with E-state index in [1.54, 1.807) is 6.07 Å². The van der Waals surface area contributed by atoms with Crippen molar-refractivity contribution in [3.8, 4) is 0 Å². The van der Waals surface area contributed by atoms with Gasteiger partial charge in [0.15, 0.2) is 6.10 Å². The number of benzene rings is 1. The maximum Gasteiger partial charge on any atom is 0.418 e. The fourth-order valence-corrected chi connectivity index (χ4v) is 1.36. The quantitative estimate of drug-likeness (QED) is 0.814. The maximum atomic E-state index is 12.3. The summed E-state index contributed by atoms with van der Waals surface area (Å²) >= 11 is 0. The first kappa shape index (κ1) is 12.0. The Morgan fingerprint density at radius 2 is 1.87 bits per heavy atom. The molecule has 0 radical (unpaired) electrons. The predicted molar refractivity (Wildman–Crippen MR) is 50.2 cm³/mol. The number of aliphatic hydroxyl groups is 1. The van der Waals surface area contributed by atoms with Gasteiger partial charge in [-0.05, 0) is 24.1 Å². The molecule has 1 atom stereocenters. The van der Waals surface area contributed by atoms with Crippen molar-refractivity contribution in [1.29, 1.82) is 0 Å². The van der Waals surface area contributed by atoms with Gasteiger partial charge in [0.25, 0.3) is 0 Å². The third kappa shape index (κ3) is 2.94. The number of nitrogens with two attached hydrogens (primary N) is 1. The lowest BCUT2D eigenvalue weighted by molar-refractivity contribution is -0.207. The summed E-state index contributed by atoms with van der Waals surface area (Å²) in [6.07, 6.45) is -6.74. The van der Waals surface area contributed by atoms with E-state index in [4.69, 9.17) is 10.8 Å². The average Bonchev–Trinajstić information content (AvgIpc) is 2.17. The van der Waals surface area contributed by atoms with Crippen molar-refractivity contribution in [3.63, 3.8) is 0 Å². The Bertz CT molecular complexity index is 325. The minimum atomic E-state index is -4.63. The van der Waals surface area contributed by atoms with E-state index in [1.807, 2.05) is 0 Å². The van der Waals surface area contributed by atoms with Crippen molar-refractivity contribution in [2.24, 2.45) is 5.73 Å². The van der Waals surface area contributed by atoms with Gasteiger partial charge in [-0.1, -0.05) is 24.3 Å². The topological polar surface area (TPSA) is 46.2 Å². The van der Waals surface area contributed by atoms with E-state index in [-0.39, 0.29) is 12.1 Å². The van der Waals surface area contributed by atoms with Crippen LogP contribution in [0.25, 0.3) is 0 Å². The summed E-state index contributed by atoms with van der Waals surface area (Å²) in [7, 11) is 0. The van der Waals surface area contributed by atoms with Crippen LogP contribution in [-0.2, 0) is 6.42 Å². The fourth-order valence-electron chi connectivity index (χ4n) is 1.36. The normalized spacial score (nSPS) is 13.9. The van der Waals surface area contributed by atoms with Crippen LogP contribution in [-0.4, -0.2) is 17.8 Å². The molecule has 0 aliphatic rings. The van der Waals surface area contributed by atoms with Gasteiger partial charge in [-0.3, -0.25) is 0 Å². The number of hydrogen-bond acceptors (Lipinski definition) is 2. The maximum absolute atomic E-state index is 12.3. The SMILES string of the molecule is NCCc1ccccc1C(O)C(F)(F)F. The van der Waals surface area contributed by atoms with Gasteiger partial charge < -0.3 is 10.8 Å². The van der Waals surface area contributed by atoms with Crippen molar-refractivity contribution in [1.82, 2.24) is 0 Å². The summed E-state index contributed by atoms with van der Waals surface area (Å²) in [5, 5.41) is 9.10. The molecule has 0 fully saturated rings. The summed E-state index contributed by atoms with van der Waals surface area (Å²) in [6.45, 7) is 0.252. The zero-order valence-electron chi connectivity index (χ0n) is 7.96. The van der Waals surface area contributed by atoms with Gasteiger partial charge in [0.1, 0.15) is 0 Å². The number of halogens is 3. The second-order valence-electron chi connectivity index (χ2n) is 3.18. The number of aliphatic hydroxyl groups excluding tert-OH is 1. The van der Waals surface area contributed by atoms with Crippen molar-refractivity contribution in [3.05, 3.63) is 35.4 Å². The van der Waals surface area contributed by atoms with Crippen LogP contribution in [0.5, 0.6) is 0 Å². The first-order valence-electron chi connectivity index (χ1n) is 4.49. The Labute approximate surface area is 85.5 Å². The summed E-state index contributed by atoms with van der Waals surface area (Å²) in [6, 6.07) is 5.89. The smallest absolute Gasteiger partial charge is 0.379 e. The highest BCUT2D eigenvalue weighted by Gasteiger charge is 2.40. The molecule has 0 spiro atoms. The highest BCUT2D eigenvalue weighted by Crippen LogP contribution is 2.33. The number of hydrogen-bond donors (Lipinski definition) is 2. The molecule has 2 nitrogen and oxygen atoms in total. The van der Waals surface area contributed by atoms with Crippen LogP contribution in [0, 0.1) is 0 Å². The molecule has 1 unspecified atom stereocenters. The van der Waals surface area contributed by atoms with E-state index in [9.17, 15) is 13.2 Å². The van der Waals surface area contributed by atoms with Gasteiger partial charge in [-0.25, -0.2) is 0 Å². The largest absolute Gasteiger partial charge is 0.418 e. The molecule has 3 N–H and O–H groups in total. The summed E-state index contributed by atoms with van der Waals surface area (Å²) in [5.41, 5.74) is 5.60. The van der Waals surface area contributed by atoms with Gasteiger partial charge in [-0.2, -0.15) is 13.2 Å². The van der Waals surface area contributed by atoms with Crippen LogP contribution < -0.4 is 5.73 Å².